The van der Waals surface area contributed by atoms with Crippen molar-refractivity contribution >= 4 is 17.5 Å². The van der Waals surface area contributed by atoms with Gasteiger partial charge in [-0.1, -0.05) is 30.3 Å². The van der Waals surface area contributed by atoms with Crippen LogP contribution in [0.25, 0.3) is 0 Å². The van der Waals surface area contributed by atoms with Crippen LogP contribution in [0.2, 0.25) is 0 Å². The molecule has 0 fully saturated rings. The smallest absolute Gasteiger partial charge is 0.254 e. The number of benzene rings is 2. The first kappa shape index (κ1) is 17.9. The van der Waals surface area contributed by atoms with Crippen LogP contribution in [0.15, 0.2) is 64.8 Å². The third kappa shape index (κ3) is 3.51. The Labute approximate surface area is 163 Å². The van der Waals surface area contributed by atoms with Crippen molar-refractivity contribution in [2.75, 3.05) is 13.2 Å². The molecule has 7 heteroatoms. The Hall–Kier alpha value is -3.48. The lowest BCUT2D eigenvalue weighted by molar-refractivity contribution is 0.288. The molecule has 0 unspecified atom stereocenters. The van der Waals surface area contributed by atoms with Crippen molar-refractivity contribution in [3.8, 4) is 11.5 Å². The average molecular weight is 375 g/mol. The maximum absolute atomic E-state index is 5.75. The molecule has 4 rings (SSSR count). The molecule has 0 saturated heterocycles. The van der Waals surface area contributed by atoms with Crippen molar-refractivity contribution < 1.29 is 9.47 Å². The molecule has 0 amide bonds. The lowest BCUT2D eigenvalue weighted by atomic mass is 10.1. The second-order valence-corrected chi connectivity index (χ2v) is 6.09. The largest absolute Gasteiger partial charge is 0.490 e. The molecule has 7 nitrogen and oxygen atoms in total. The number of aromatic nitrogens is 3. The second-order valence-electron chi connectivity index (χ2n) is 6.09. The van der Waals surface area contributed by atoms with Gasteiger partial charge in [0.25, 0.3) is 5.95 Å². The molecular formula is C21H21N5O2. The standard InChI is InChI=1S/C21H21N5O2/c1-3-27-17-11-10-16(12-18(17)28-4-2)19-20(26-21(25-19)23-14-24-26)22-13-15-8-6-5-7-9-15/h5-12,14H,3-4,13H2,1-2H3. The minimum Gasteiger partial charge on any atom is -0.490 e. The van der Waals surface area contributed by atoms with E-state index in [1.54, 1.807) is 4.68 Å². The molecule has 0 aliphatic carbocycles. The third-order valence-electron chi connectivity index (χ3n) is 4.23. The minimum absolute atomic E-state index is 0.522. The van der Waals surface area contributed by atoms with Crippen LogP contribution in [0.1, 0.15) is 25.0 Å². The van der Waals surface area contributed by atoms with Crippen molar-refractivity contribution in [3.05, 3.63) is 66.0 Å². The molecular weight excluding hydrogens is 354 g/mol. The van der Waals surface area contributed by atoms with Crippen LogP contribution in [0.4, 0.5) is 5.95 Å². The molecule has 2 heterocycles. The molecule has 0 atom stereocenters. The quantitative estimate of drug-likeness (QED) is 0.632. The fourth-order valence-electron chi connectivity index (χ4n) is 2.99. The van der Waals surface area contributed by atoms with Gasteiger partial charge in [0, 0.05) is 5.56 Å². The monoisotopic (exact) mass is 375 g/mol. The zero-order chi connectivity index (χ0) is 19.3. The Morgan fingerprint density at radius 2 is 1.75 bits per heavy atom. The number of ether oxygens (including phenoxy) is 2. The molecule has 28 heavy (non-hydrogen) atoms. The summed E-state index contributed by atoms with van der Waals surface area (Å²) in [6, 6.07) is 15.9. The summed E-state index contributed by atoms with van der Waals surface area (Å²) < 4.78 is 13.1. The highest BCUT2D eigenvalue weighted by Gasteiger charge is 2.26. The zero-order valence-corrected chi connectivity index (χ0v) is 15.9. The van der Waals surface area contributed by atoms with E-state index in [9.17, 15) is 0 Å². The first-order valence-electron chi connectivity index (χ1n) is 9.28. The average Bonchev–Trinajstić information content (AvgIpc) is 3.30. The van der Waals surface area contributed by atoms with E-state index in [-0.39, 0.29) is 0 Å². The molecule has 1 aliphatic rings. The van der Waals surface area contributed by atoms with Crippen molar-refractivity contribution in [1.82, 2.24) is 14.8 Å². The summed E-state index contributed by atoms with van der Waals surface area (Å²) in [5.41, 5.74) is 2.71. The first-order chi connectivity index (χ1) is 13.8. The van der Waals surface area contributed by atoms with E-state index in [1.165, 1.54) is 6.33 Å². The highest BCUT2D eigenvalue weighted by molar-refractivity contribution is 6.50. The topological polar surface area (TPSA) is 73.9 Å². The zero-order valence-electron chi connectivity index (χ0n) is 15.9. The summed E-state index contributed by atoms with van der Waals surface area (Å²) in [5, 5.41) is 4.28. The van der Waals surface area contributed by atoms with Gasteiger partial charge in [0.1, 0.15) is 12.0 Å². The summed E-state index contributed by atoms with van der Waals surface area (Å²) >= 11 is 0. The lowest BCUT2D eigenvalue weighted by Crippen LogP contribution is -2.20. The van der Waals surface area contributed by atoms with Crippen molar-refractivity contribution in [1.29, 1.82) is 0 Å². The normalized spacial score (nSPS) is 14.1. The van der Waals surface area contributed by atoms with Crippen LogP contribution in [-0.2, 0) is 6.54 Å². The van der Waals surface area contributed by atoms with Gasteiger partial charge >= 0.3 is 0 Å². The summed E-state index contributed by atoms with van der Waals surface area (Å²) in [6.07, 6.45) is 1.48. The second kappa shape index (κ2) is 8.04. The van der Waals surface area contributed by atoms with E-state index in [4.69, 9.17) is 14.5 Å². The van der Waals surface area contributed by atoms with Gasteiger partial charge in [0.2, 0.25) is 0 Å². The highest BCUT2D eigenvalue weighted by atomic mass is 16.5. The van der Waals surface area contributed by atoms with Gasteiger partial charge < -0.3 is 9.47 Å². The Kier molecular flexibility index (Phi) is 5.14. The predicted molar refractivity (Wildman–Crippen MR) is 108 cm³/mol. The predicted octanol–water partition coefficient (Wildman–Crippen LogP) is 3.66. The fourth-order valence-corrected chi connectivity index (χ4v) is 2.99. The van der Waals surface area contributed by atoms with Crippen LogP contribution >= 0.6 is 0 Å². The van der Waals surface area contributed by atoms with E-state index in [2.05, 4.69) is 15.1 Å². The lowest BCUT2D eigenvalue weighted by Gasteiger charge is -2.12. The van der Waals surface area contributed by atoms with Gasteiger partial charge in [-0.2, -0.15) is 14.8 Å². The number of aliphatic imine (C=N–C) groups is 2. The van der Waals surface area contributed by atoms with Gasteiger partial charge in [-0.3, -0.25) is 4.99 Å². The summed E-state index contributed by atoms with van der Waals surface area (Å²) in [7, 11) is 0. The van der Waals surface area contributed by atoms with Gasteiger partial charge in [-0.05, 0) is 37.6 Å². The van der Waals surface area contributed by atoms with E-state index >= 15 is 0 Å². The van der Waals surface area contributed by atoms with E-state index in [0.717, 1.165) is 16.8 Å². The summed E-state index contributed by atoms with van der Waals surface area (Å²) in [4.78, 5) is 13.6. The van der Waals surface area contributed by atoms with Crippen molar-refractivity contribution in [2.45, 2.75) is 20.4 Å². The van der Waals surface area contributed by atoms with Gasteiger partial charge in [-0.25, -0.2) is 4.99 Å². The molecule has 1 aliphatic heterocycles. The van der Waals surface area contributed by atoms with Crippen LogP contribution in [0.3, 0.4) is 0 Å². The Bertz CT molecular complexity index is 1020. The number of rotatable bonds is 7. The number of nitrogens with zero attached hydrogens (tertiary/aromatic N) is 5. The first-order valence-corrected chi connectivity index (χ1v) is 9.28. The number of hydrogen-bond donors (Lipinski definition) is 0. The highest BCUT2D eigenvalue weighted by Crippen LogP contribution is 2.30. The van der Waals surface area contributed by atoms with Crippen LogP contribution < -0.4 is 9.47 Å². The molecule has 0 N–H and O–H groups in total. The van der Waals surface area contributed by atoms with Crippen LogP contribution in [0, 0.1) is 0 Å². The summed E-state index contributed by atoms with van der Waals surface area (Å²) in [6.45, 7) is 5.55. The molecule has 142 valence electrons. The molecule has 1 aromatic heterocycles. The third-order valence-corrected chi connectivity index (χ3v) is 4.23. The minimum atomic E-state index is 0.522. The molecule has 0 spiro atoms. The Morgan fingerprint density at radius 1 is 0.964 bits per heavy atom. The van der Waals surface area contributed by atoms with E-state index in [1.807, 2.05) is 62.4 Å². The number of fused-ring (bicyclic) bond motifs is 1. The van der Waals surface area contributed by atoms with Crippen molar-refractivity contribution in [2.24, 2.45) is 9.98 Å². The van der Waals surface area contributed by atoms with Gasteiger partial charge in [0.05, 0.1) is 19.8 Å². The number of hydrogen-bond acceptors (Lipinski definition) is 6. The van der Waals surface area contributed by atoms with Crippen molar-refractivity contribution in [3.63, 3.8) is 0 Å². The van der Waals surface area contributed by atoms with E-state index in [0.29, 0.717) is 43.0 Å². The molecule has 2 aromatic carbocycles. The van der Waals surface area contributed by atoms with Crippen LogP contribution in [-0.4, -0.2) is 39.5 Å². The SMILES string of the molecule is CCOc1ccc(C2=Nc3ncnn3C2=NCc2ccccc2)cc1OCC. The molecule has 0 radical (unpaired) electrons. The molecule has 0 bridgehead atoms. The maximum Gasteiger partial charge on any atom is 0.254 e. The fraction of sp³-hybridized carbons (Fsp3) is 0.238. The molecule has 3 aromatic rings. The Balaban J connectivity index is 1.71. The van der Waals surface area contributed by atoms with Crippen LogP contribution in [0.5, 0.6) is 11.5 Å². The van der Waals surface area contributed by atoms with E-state index < -0.39 is 0 Å². The van der Waals surface area contributed by atoms with Gasteiger partial charge in [0.15, 0.2) is 17.3 Å². The molecule has 0 saturated carbocycles. The van der Waals surface area contributed by atoms with Gasteiger partial charge in [-0.15, -0.1) is 0 Å². The Morgan fingerprint density at radius 3 is 2.54 bits per heavy atom. The summed E-state index contributed by atoms with van der Waals surface area (Å²) in [5.74, 6) is 2.59. The maximum atomic E-state index is 5.75.